The van der Waals surface area contributed by atoms with Gasteiger partial charge in [-0.1, -0.05) is 25.5 Å². The zero-order chi connectivity index (χ0) is 12.3. The molecule has 0 aromatic rings. The first-order valence-corrected chi connectivity index (χ1v) is 6.56. The lowest BCUT2D eigenvalue weighted by Gasteiger charge is -2.48. The molecule has 0 amide bonds. The Morgan fingerprint density at radius 3 is 3.00 bits per heavy atom. The Balaban J connectivity index is 2.03. The van der Waals surface area contributed by atoms with Crippen LogP contribution in [0.4, 0.5) is 0 Å². The van der Waals surface area contributed by atoms with E-state index in [9.17, 15) is 9.90 Å². The van der Waals surface area contributed by atoms with Crippen molar-refractivity contribution in [1.29, 1.82) is 0 Å². The van der Waals surface area contributed by atoms with E-state index in [0.29, 0.717) is 11.8 Å². The number of rotatable bonds is 0. The second-order valence-electron chi connectivity index (χ2n) is 6.25. The second kappa shape index (κ2) is 3.35. The minimum absolute atomic E-state index is 0.123. The van der Waals surface area contributed by atoms with E-state index in [2.05, 4.69) is 13.0 Å². The van der Waals surface area contributed by atoms with Crippen molar-refractivity contribution < 1.29 is 14.6 Å². The summed E-state index contributed by atoms with van der Waals surface area (Å²) in [6.45, 7) is 4.28. The summed E-state index contributed by atoms with van der Waals surface area (Å²) in [6, 6.07) is 0. The predicted molar refractivity (Wildman–Crippen MR) is 63.2 cm³/mol. The molecule has 17 heavy (non-hydrogen) atoms. The highest BCUT2D eigenvalue weighted by atomic mass is 16.6. The van der Waals surface area contributed by atoms with Crippen molar-refractivity contribution in [3.05, 3.63) is 12.2 Å². The first-order valence-electron chi connectivity index (χ1n) is 6.56. The number of ether oxygens (including phenoxy) is 1. The minimum atomic E-state index is -1.08. The summed E-state index contributed by atoms with van der Waals surface area (Å²) < 4.78 is 5.14. The van der Waals surface area contributed by atoms with Crippen molar-refractivity contribution in [2.24, 2.45) is 23.2 Å². The average Bonchev–Trinajstić information content (AvgIpc) is 2.53. The lowest BCUT2D eigenvalue weighted by atomic mass is 9.54. The number of hydrogen-bond acceptors (Lipinski definition) is 3. The summed E-state index contributed by atoms with van der Waals surface area (Å²) in [5.74, 6) is 1.17. The maximum absolute atomic E-state index is 12.1. The summed E-state index contributed by atoms with van der Waals surface area (Å²) >= 11 is 0. The molecule has 0 aromatic heterocycles. The molecule has 1 saturated carbocycles. The van der Waals surface area contributed by atoms with Crippen LogP contribution in [-0.4, -0.2) is 23.3 Å². The van der Waals surface area contributed by atoms with Gasteiger partial charge in [-0.3, -0.25) is 4.79 Å². The van der Waals surface area contributed by atoms with Crippen molar-refractivity contribution in [3.63, 3.8) is 0 Å². The van der Waals surface area contributed by atoms with Crippen LogP contribution >= 0.6 is 0 Å². The Kier molecular flexibility index (Phi) is 2.22. The Morgan fingerprint density at radius 2 is 2.24 bits per heavy atom. The molecule has 3 nitrogen and oxygen atoms in total. The van der Waals surface area contributed by atoms with Gasteiger partial charge < -0.3 is 9.84 Å². The van der Waals surface area contributed by atoms with Crippen molar-refractivity contribution in [3.8, 4) is 0 Å². The Bertz CT molecular complexity index is 389. The molecule has 1 N–H and O–H groups in total. The van der Waals surface area contributed by atoms with Crippen LogP contribution in [0.3, 0.4) is 0 Å². The van der Waals surface area contributed by atoms with E-state index >= 15 is 0 Å². The molecule has 1 aliphatic heterocycles. The lowest BCUT2D eigenvalue weighted by molar-refractivity contribution is -0.154. The van der Waals surface area contributed by atoms with E-state index in [1.165, 1.54) is 0 Å². The SMILES string of the molecule is CC1CCC2C(C=CC3(O)COC(=O)C23C)C1. The zero-order valence-electron chi connectivity index (χ0n) is 10.5. The molecular weight excluding hydrogens is 216 g/mol. The number of aliphatic hydroxyl groups is 1. The van der Waals surface area contributed by atoms with Crippen molar-refractivity contribution in [1.82, 2.24) is 0 Å². The summed E-state index contributed by atoms with van der Waals surface area (Å²) in [7, 11) is 0. The van der Waals surface area contributed by atoms with Crippen molar-refractivity contribution in [2.45, 2.75) is 38.7 Å². The highest BCUT2D eigenvalue weighted by Gasteiger charge is 2.64. The molecule has 3 heteroatoms. The number of carbonyl (C=O) groups is 1. The van der Waals surface area contributed by atoms with Crippen LogP contribution < -0.4 is 0 Å². The van der Waals surface area contributed by atoms with Gasteiger partial charge in [-0.2, -0.15) is 0 Å². The van der Waals surface area contributed by atoms with E-state index in [1.54, 1.807) is 0 Å². The molecule has 5 unspecified atom stereocenters. The van der Waals surface area contributed by atoms with Crippen LogP contribution in [0.25, 0.3) is 0 Å². The molecule has 2 fully saturated rings. The van der Waals surface area contributed by atoms with Crippen LogP contribution in [0.1, 0.15) is 33.1 Å². The van der Waals surface area contributed by atoms with E-state index in [-0.39, 0.29) is 18.5 Å². The predicted octanol–water partition coefficient (Wildman–Crippen LogP) is 1.90. The average molecular weight is 236 g/mol. The monoisotopic (exact) mass is 236 g/mol. The maximum Gasteiger partial charge on any atom is 0.315 e. The number of fused-ring (bicyclic) bond motifs is 3. The van der Waals surface area contributed by atoms with E-state index in [1.807, 2.05) is 13.0 Å². The van der Waals surface area contributed by atoms with Crippen LogP contribution in [0.5, 0.6) is 0 Å². The Hall–Kier alpha value is -0.830. The molecule has 94 valence electrons. The molecule has 1 saturated heterocycles. The van der Waals surface area contributed by atoms with Crippen LogP contribution in [-0.2, 0) is 9.53 Å². The number of hydrogen-bond donors (Lipinski definition) is 1. The van der Waals surface area contributed by atoms with Crippen LogP contribution in [0.2, 0.25) is 0 Å². The molecule has 1 heterocycles. The number of allylic oxidation sites excluding steroid dienone is 1. The molecule has 3 rings (SSSR count). The number of carbonyl (C=O) groups excluding carboxylic acids is 1. The van der Waals surface area contributed by atoms with Crippen molar-refractivity contribution in [2.75, 3.05) is 6.61 Å². The van der Waals surface area contributed by atoms with Crippen LogP contribution in [0.15, 0.2) is 12.2 Å². The van der Waals surface area contributed by atoms with Crippen molar-refractivity contribution >= 4 is 5.97 Å². The smallest absolute Gasteiger partial charge is 0.315 e. The normalized spacial score (nSPS) is 52.9. The van der Waals surface area contributed by atoms with Gasteiger partial charge in [0, 0.05) is 0 Å². The van der Waals surface area contributed by atoms with E-state index in [4.69, 9.17) is 4.74 Å². The first-order chi connectivity index (χ1) is 7.97. The van der Waals surface area contributed by atoms with Gasteiger partial charge in [0.2, 0.25) is 0 Å². The molecule has 0 aromatic carbocycles. The third-order valence-corrected chi connectivity index (χ3v) is 5.27. The van der Waals surface area contributed by atoms with Gasteiger partial charge in [0.1, 0.15) is 17.6 Å². The summed E-state index contributed by atoms with van der Waals surface area (Å²) in [4.78, 5) is 12.1. The standard InChI is InChI=1S/C14H20O3/c1-9-3-4-11-10(7-9)5-6-14(16)8-17-12(15)13(11,14)2/h5-6,9-11,16H,3-4,7-8H2,1-2H3. The molecule has 5 atom stereocenters. The van der Waals surface area contributed by atoms with Gasteiger partial charge in [-0.05, 0) is 37.5 Å². The van der Waals surface area contributed by atoms with Gasteiger partial charge in [0.05, 0.1) is 0 Å². The largest absolute Gasteiger partial charge is 0.462 e. The molecule has 0 bridgehead atoms. The van der Waals surface area contributed by atoms with Gasteiger partial charge in [0.15, 0.2) is 0 Å². The van der Waals surface area contributed by atoms with Gasteiger partial charge in [-0.25, -0.2) is 0 Å². The number of esters is 1. The summed E-state index contributed by atoms with van der Waals surface area (Å²) in [5.41, 5.74) is -1.81. The molecular formula is C14H20O3. The Morgan fingerprint density at radius 1 is 1.47 bits per heavy atom. The lowest BCUT2D eigenvalue weighted by Crippen LogP contribution is -2.55. The van der Waals surface area contributed by atoms with Gasteiger partial charge in [0.25, 0.3) is 0 Å². The quantitative estimate of drug-likeness (QED) is 0.516. The van der Waals surface area contributed by atoms with Crippen LogP contribution in [0, 0.1) is 23.2 Å². The fraction of sp³-hybridized carbons (Fsp3) is 0.786. The molecule has 2 aliphatic carbocycles. The molecule has 3 aliphatic rings. The van der Waals surface area contributed by atoms with E-state index in [0.717, 1.165) is 19.3 Å². The third-order valence-electron chi connectivity index (χ3n) is 5.27. The second-order valence-corrected chi connectivity index (χ2v) is 6.25. The first kappa shape index (κ1) is 11.3. The van der Waals surface area contributed by atoms with Gasteiger partial charge in [-0.15, -0.1) is 0 Å². The molecule has 0 radical (unpaired) electrons. The van der Waals surface area contributed by atoms with Gasteiger partial charge >= 0.3 is 5.97 Å². The highest BCUT2D eigenvalue weighted by molar-refractivity contribution is 5.82. The highest BCUT2D eigenvalue weighted by Crippen LogP contribution is 2.56. The maximum atomic E-state index is 12.1. The minimum Gasteiger partial charge on any atom is -0.462 e. The third kappa shape index (κ3) is 1.29. The zero-order valence-corrected chi connectivity index (χ0v) is 10.5. The number of cyclic esters (lactones) is 1. The fourth-order valence-corrected chi connectivity index (χ4v) is 3.98. The summed E-state index contributed by atoms with van der Waals surface area (Å²) in [5, 5.41) is 10.6. The topological polar surface area (TPSA) is 46.5 Å². The fourth-order valence-electron chi connectivity index (χ4n) is 3.98. The summed E-state index contributed by atoms with van der Waals surface area (Å²) in [6.07, 6.45) is 7.22. The van der Waals surface area contributed by atoms with E-state index < -0.39 is 11.0 Å². The Labute approximate surface area is 102 Å². The molecule has 0 spiro atoms.